The van der Waals surface area contributed by atoms with E-state index >= 15 is 0 Å². The lowest BCUT2D eigenvalue weighted by molar-refractivity contribution is -0.136. The van der Waals surface area contributed by atoms with Crippen molar-refractivity contribution in [2.45, 2.75) is 53.1 Å². The summed E-state index contributed by atoms with van der Waals surface area (Å²) in [6, 6.07) is 15.0. The molecule has 2 aromatic rings. The average Bonchev–Trinajstić information content (AvgIpc) is 3.08. The smallest absolute Gasteiger partial charge is 0.225 e. The van der Waals surface area contributed by atoms with Gasteiger partial charge in [0.05, 0.1) is 5.69 Å². The Morgan fingerprint density at radius 2 is 1.83 bits per heavy atom. The van der Waals surface area contributed by atoms with Crippen LogP contribution in [0.1, 0.15) is 50.4 Å². The summed E-state index contributed by atoms with van der Waals surface area (Å²) in [5.41, 5.74) is 3.87. The summed E-state index contributed by atoms with van der Waals surface area (Å²) < 4.78 is 0. The molecule has 2 heterocycles. The summed E-state index contributed by atoms with van der Waals surface area (Å²) in [5, 5.41) is 0. The highest BCUT2D eigenvalue weighted by Gasteiger charge is 2.37. The summed E-state index contributed by atoms with van der Waals surface area (Å²) in [6.07, 6.45) is 1.86. The highest BCUT2D eigenvalue weighted by Crippen LogP contribution is 2.36. The molecule has 0 saturated carbocycles. The molecular weight excluding hydrogens is 358 g/mol. The van der Waals surface area contributed by atoms with Crippen LogP contribution < -0.4 is 0 Å². The Labute approximate surface area is 175 Å². The third-order valence-electron chi connectivity index (χ3n) is 6.05. The molecule has 1 saturated heterocycles. The molecule has 1 amide bonds. The molecule has 0 bridgehead atoms. The zero-order chi connectivity index (χ0) is 21.0. The van der Waals surface area contributed by atoms with Crippen LogP contribution in [-0.4, -0.2) is 46.4 Å². The number of rotatable bonds is 7. The number of nitrogens with zero attached hydrogens (tertiary/aromatic N) is 3. The molecule has 156 valence electrons. The number of amides is 1. The Hall–Kier alpha value is -2.20. The van der Waals surface area contributed by atoms with E-state index in [-0.39, 0.29) is 17.9 Å². The predicted molar refractivity (Wildman–Crippen MR) is 119 cm³/mol. The molecule has 4 heteroatoms. The lowest BCUT2D eigenvalue weighted by atomic mass is 9.86. The van der Waals surface area contributed by atoms with Crippen molar-refractivity contribution in [2.75, 3.05) is 19.6 Å². The number of carbonyl (C=O) groups excluding carboxylic acids is 1. The van der Waals surface area contributed by atoms with Gasteiger partial charge in [-0.1, -0.05) is 44.2 Å². The number of pyridine rings is 1. The molecule has 1 fully saturated rings. The third-order valence-corrected chi connectivity index (χ3v) is 6.05. The number of benzene rings is 1. The topological polar surface area (TPSA) is 36.4 Å². The fourth-order valence-electron chi connectivity index (χ4n) is 4.49. The molecule has 1 aromatic heterocycles. The van der Waals surface area contributed by atoms with Gasteiger partial charge < -0.3 is 4.90 Å². The zero-order valence-corrected chi connectivity index (χ0v) is 18.5. The van der Waals surface area contributed by atoms with Crippen LogP contribution >= 0.6 is 0 Å². The van der Waals surface area contributed by atoms with Crippen molar-refractivity contribution < 1.29 is 4.79 Å². The van der Waals surface area contributed by atoms with Crippen molar-refractivity contribution in [2.24, 2.45) is 11.8 Å². The van der Waals surface area contributed by atoms with Gasteiger partial charge in [0.1, 0.15) is 0 Å². The second-order valence-electron chi connectivity index (χ2n) is 8.98. The number of carbonyl (C=O) groups is 1. The zero-order valence-electron chi connectivity index (χ0n) is 18.5. The molecule has 0 spiro atoms. The molecule has 2 unspecified atom stereocenters. The van der Waals surface area contributed by atoms with Crippen LogP contribution in [0.4, 0.5) is 0 Å². The van der Waals surface area contributed by atoms with Crippen LogP contribution in [0.5, 0.6) is 0 Å². The quantitative estimate of drug-likeness (QED) is 0.695. The number of hydrogen-bond acceptors (Lipinski definition) is 3. The Morgan fingerprint density at radius 1 is 1.10 bits per heavy atom. The van der Waals surface area contributed by atoms with Gasteiger partial charge in [-0.25, -0.2) is 0 Å². The normalized spacial score (nSPS) is 19.8. The van der Waals surface area contributed by atoms with Gasteiger partial charge in [-0.3, -0.25) is 14.7 Å². The number of likely N-dealkylation sites (tertiary alicyclic amines) is 1. The van der Waals surface area contributed by atoms with E-state index in [9.17, 15) is 4.79 Å². The van der Waals surface area contributed by atoms with E-state index in [1.165, 1.54) is 11.1 Å². The summed E-state index contributed by atoms with van der Waals surface area (Å²) >= 11 is 0. The first-order valence-electron chi connectivity index (χ1n) is 10.8. The highest BCUT2D eigenvalue weighted by atomic mass is 16.2. The summed E-state index contributed by atoms with van der Waals surface area (Å²) in [7, 11) is 0. The summed E-state index contributed by atoms with van der Waals surface area (Å²) in [5.74, 6) is 1.14. The molecule has 1 aliphatic heterocycles. The van der Waals surface area contributed by atoms with Gasteiger partial charge in [-0.2, -0.15) is 0 Å². The second kappa shape index (κ2) is 9.53. The van der Waals surface area contributed by atoms with Gasteiger partial charge in [0, 0.05) is 50.3 Å². The first-order chi connectivity index (χ1) is 13.9. The maximum absolute atomic E-state index is 12.9. The van der Waals surface area contributed by atoms with Crippen molar-refractivity contribution in [1.82, 2.24) is 14.8 Å². The van der Waals surface area contributed by atoms with E-state index in [4.69, 9.17) is 0 Å². The molecule has 4 nitrogen and oxygen atoms in total. The molecule has 29 heavy (non-hydrogen) atoms. The van der Waals surface area contributed by atoms with Crippen LogP contribution in [0.15, 0.2) is 48.7 Å². The minimum absolute atomic E-state index is 0.0281. The van der Waals surface area contributed by atoms with Crippen LogP contribution in [0.2, 0.25) is 0 Å². The molecule has 2 atom stereocenters. The maximum atomic E-state index is 12.9. The van der Waals surface area contributed by atoms with Gasteiger partial charge >= 0.3 is 0 Å². The van der Waals surface area contributed by atoms with E-state index < -0.39 is 0 Å². The number of aromatic nitrogens is 1. The fourth-order valence-corrected chi connectivity index (χ4v) is 4.49. The molecule has 3 rings (SSSR count). The van der Waals surface area contributed by atoms with Gasteiger partial charge in [-0.15, -0.1) is 0 Å². The Balaban J connectivity index is 1.84. The van der Waals surface area contributed by atoms with E-state index in [1.807, 2.05) is 26.1 Å². The number of aryl methyl sites for hydroxylation is 1. The van der Waals surface area contributed by atoms with Crippen molar-refractivity contribution in [3.05, 3.63) is 65.5 Å². The fraction of sp³-hybridized carbons (Fsp3) is 0.520. The molecule has 1 aromatic carbocycles. The number of hydrogen-bond donors (Lipinski definition) is 0. The van der Waals surface area contributed by atoms with Gasteiger partial charge in [0.15, 0.2) is 0 Å². The van der Waals surface area contributed by atoms with Gasteiger partial charge in [0.2, 0.25) is 5.91 Å². The Bertz CT molecular complexity index is 803. The van der Waals surface area contributed by atoms with Crippen molar-refractivity contribution in [1.29, 1.82) is 0 Å². The molecule has 1 aliphatic rings. The SMILES string of the molecule is Cc1ccccc1C1CN(Cc2ccccn2)CC1CN(C(=O)C(C)C)C(C)C. The lowest BCUT2D eigenvalue weighted by Gasteiger charge is -2.33. The predicted octanol–water partition coefficient (Wildman–Crippen LogP) is 4.50. The molecular formula is C25H35N3O. The largest absolute Gasteiger partial charge is 0.340 e. The van der Waals surface area contributed by atoms with Gasteiger partial charge in [0.25, 0.3) is 0 Å². The highest BCUT2D eigenvalue weighted by molar-refractivity contribution is 5.78. The van der Waals surface area contributed by atoms with Crippen LogP contribution in [-0.2, 0) is 11.3 Å². The summed E-state index contributed by atoms with van der Waals surface area (Å²) in [4.78, 5) is 22.0. The molecule has 0 aliphatic carbocycles. The van der Waals surface area contributed by atoms with Crippen molar-refractivity contribution in [3.63, 3.8) is 0 Å². The van der Waals surface area contributed by atoms with Crippen LogP contribution in [0.25, 0.3) is 0 Å². The standard InChI is InChI=1S/C25H35N3O/c1-18(2)25(29)28(19(3)4)15-21-14-27(16-22-11-8-9-13-26-22)17-24(21)23-12-7-6-10-20(23)5/h6-13,18-19,21,24H,14-17H2,1-5H3. The van der Waals surface area contributed by atoms with Gasteiger partial charge in [-0.05, 0) is 49.9 Å². The van der Waals surface area contributed by atoms with E-state index in [0.29, 0.717) is 11.8 Å². The third kappa shape index (κ3) is 5.24. The Kier molecular flexibility index (Phi) is 7.07. The van der Waals surface area contributed by atoms with Crippen LogP contribution in [0, 0.1) is 18.8 Å². The van der Waals surface area contributed by atoms with E-state index in [1.54, 1.807) is 0 Å². The van der Waals surface area contributed by atoms with Crippen molar-refractivity contribution >= 4 is 5.91 Å². The average molecular weight is 394 g/mol. The van der Waals surface area contributed by atoms with Crippen molar-refractivity contribution in [3.8, 4) is 0 Å². The van der Waals surface area contributed by atoms with Crippen LogP contribution in [0.3, 0.4) is 0 Å². The summed E-state index contributed by atoms with van der Waals surface area (Å²) in [6.45, 7) is 14.1. The molecule has 0 N–H and O–H groups in total. The van der Waals surface area contributed by atoms with E-state index in [2.05, 4.69) is 72.0 Å². The Morgan fingerprint density at radius 3 is 2.45 bits per heavy atom. The first-order valence-corrected chi connectivity index (χ1v) is 10.8. The minimum Gasteiger partial charge on any atom is -0.340 e. The van der Waals surface area contributed by atoms with E-state index in [0.717, 1.165) is 31.9 Å². The maximum Gasteiger partial charge on any atom is 0.225 e. The lowest BCUT2D eigenvalue weighted by Crippen LogP contribution is -2.43. The second-order valence-corrected chi connectivity index (χ2v) is 8.98. The first kappa shape index (κ1) is 21.5. The minimum atomic E-state index is 0.0281. The monoisotopic (exact) mass is 393 g/mol. The molecule has 0 radical (unpaired) electrons.